The van der Waals surface area contributed by atoms with Crippen molar-refractivity contribution in [1.82, 2.24) is 0 Å². The molecule has 3 nitrogen and oxygen atoms in total. The van der Waals surface area contributed by atoms with Crippen LogP contribution in [0.5, 0.6) is 0 Å². The van der Waals surface area contributed by atoms with E-state index in [9.17, 15) is 4.79 Å². The van der Waals surface area contributed by atoms with Crippen LogP contribution in [0.3, 0.4) is 0 Å². The molecule has 0 saturated carbocycles. The van der Waals surface area contributed by atoms with Gasteiger partial charge in [-0.05, 0) is 31.9 Å². The summed E-state index contributed by atoms with van der Waals surface area (Å²) in [4.78, 5) is 12.5. The van der Waals surface area contributed by atoms with Gasteiger partial charge in [0.1, 0.15) is 0 Å². The number of rotatable bonds is 3. The standard InChI is InChI=1S/C16H24N2O/c1-12-8-7-9-13(2)15(12)17-16(19)14(3)18(4)10-5-6-11-18/h7-9,14H,5-6,10-11H2,1-4H3/p+1. The Labute approximate surface area is 116 Å². The molecule has 0 spiro atoms. The van der Waals surface area contributed by atoms with Gasteiger partial charge in [0.05, 0.1) is 20.1 Å². The van der Waals surface area contributed by atoms with E-state index in [0.29, 0.717) is 0 Å². The Kier molecular flexibility index (Phi) is 3.95. The Balaban J connectivity index is 2.13. The summed E-state index contributed by atoms with van der Waals surface area (Å²) in [5.74, 6) is 0.141. The number of para-hydroxylation sites is 1. The highest BCUT2D eigenvalue weighted by molar-refractivity contribution is 5.95. The van der Waals surface area contributed by atoms with Gasteiger partial charge in [0.15, 0.2) is 6.04 Å². The molecule has 0 aliphatic carbocycles. The molecule has 1 aromatic carbocycles. The van der Waals surface area contributed by atoms with Crippen molar-refractivity contribution in [1.29, 1.82) is 0 Å². The van der Waals surface area contributed by atoms with Crippen LogP contribution in [0.2, 0.25) is 0 Å². The Morgan fingerprint density at radius 3 is 2.26 bits per heavy atom. The summed E-state index contributed by atoms with van der Waals surface area (Å²) in [5, 5.41) is 3.13. The third-order valence-corrected chi connectivity index (χ3v) is 4.63. The maximum absolute atomic E-state index is 12.5. The number of hydrogen-bond donors (Lipinski definition) is 1. The molecule has 3 heteroatoms. The minimum absolute atomic E-state index is 0.0153. The second kappa shape index (κ2) is 5.33. The van der Waals surface area contributed by atoms with Gasteiger partial charge in [-0.2, -0.15) is 0 Å². The van der Waals surface area contributed by atoms with Gasteiger partial charge in [-0.3, -0.25) is 4.79 Å². The zero-order chi connectivity index (χ0) is 14.0. The van der Waals surface area contributed by atoms with Gasteiger partial charge in [-0.15, -0.1) is 0 Å². The second-order valence-corrected chi connectivity index (χ2v) is 6.07. The van der Waals surface area contributed by atoms with Crippen LogP contribution in [0.4, 0.5) is 5.69 Å². The van der Waals surface area contributed by atoms with E-state index in [1.165, 1.54) is 12.8 Å². The van der Waals surface area contributed by atoms with Crippen LogP contribution in [0.1, 0.15) is 30.9 Å². The summed E-state index contributed by atoms with van der Waals surface area (Å²) in [6.45, 7) is 8.36. The Morgan fingerprint density at radius 2 is 1.74 bits per heavy atom. The maximum Gasteiger partial charge on any atom is 0.282 e. The van der Waals surface area contributed by atoms with Crippen molar-refractivity contribution in [3.05, 3.63) is 29.3 Å². The molecule has 2 rings (SSSR count). The summed E-state index contributed by atoms with van der Waals surface area (Å²) >= 11 is 0. The van der Waals surface area contributed by atoms with Crippen LogP contribution in [0.25, 0.3) is 0 Å². The van der Waals surface area contributed by atoms with Gasteiger partial charge >= 0.3 is 0 Å². The zero-order valence-electron chi connectivity index (χ0n) is 12.5. The lowest BCUT2D eigenvalue weighted by Crippen LogP contribution is -2.54. The number of benzene rings is 1. The highest BCUT2D eigenvalue weighted by atomic mass is 16.2. The van der Waals surface area contributed by atoms with E-state index in [-0.39, 0.29) is 11.9 Å². The molecule has 1 saturated heterocycles. The van der Waals surface area contributed by atoms with Crippen LogP contribution < -0.4 is 5.32 Å². The first-order valence-corrected chi connectivity index (χ1v) is 7.15. The first-order chi connectivity index (χ1) is 8.94. The van der Waals surface area contributed by atoms with Crippen molar-refractivity contribution in [2.45, 2.75) is 39.7 Å². The predicted octanol–water partition coefficient (Wildman–Crippen LogP) is 2.87. The molecule has 19 heavy (non-hydrogen) atoms. The molecule has 0 radical (unpaired) electrons. The molecule has 0 aromatic heterocycles. The molecule has 1 amide bonds. The van der Waals surface area contributed by atoms with Crippen LogP contribution in [-0.4, -0.2) is 36.6 Å². The number of quaternary nitrogens is 1. The molecular weight excluding hydrogens is 236 g/mol. The van der Waals surface area contributed by atoms with E-state index >= 15 is 0 Å². The minimum Gasteiger partial charge on any atom is -0.320 e. The minimum atomic E-state index is 0.0153. The predicted molar refractivity (Wildman–Crippen MR) is 79.2 cm³/mol. The average molecular weight is 261 g/mol. The lowest BCUT2D eigenvalue weighted by molar-refractivity contribution is -0.911. The quantitative estimate of drug-likeness (QED) is 0.833. The van der Waals surface area contributed by atoms with Crippen molar-refractivity contribution >= 4 is 11.6 Å². The van der Waals surface area contributed by atoms with E-state index in [2.05, 4.69) is 12.4 Å². The summed E-state index contributed by atoms with van der Waals surface area (Å²) in [7, 11) is 2.20. The van der Waals surface area contributed by atoms with Gasteiger partial charge in [0.25, 0.3) is 5.91 Å². The van der Waals surface area contributed by atoms with Crippen LogP contribution in [0.15, 0.2) is 18.2 Å². The van der Waals surface area contributed by atoms with E-state index < -0.39 is 0 Å². The van der Waals surface area contributed by atoms with Gasteiger partial charge in [0, 0.05) is 18.5 Å². The van der Waals surface area contributed by atoms with E-state index in [1.807, 2.05) is 39.0 Å². The molecule has 1 N–H and O–H groups in total. The van der Waals surface area contributed by atoms with E-state index in [1.54, 1.807) is 0 Å². The third kappa shape index (κ3) is 2.81. The normalized spacial score (nSPS) is 19.2. The molecule has 1 aliphatic heterocycles. The zero-order valence-corrected chi connectivity index (χ0v) is 12.5. The van der Waals surface area contributed by atoms with E-state index in [0.717, 1.165) is 34.4 Å². The average Bonchev–Trinajstić information content (AvgIpc) is 2.81. The van der Waals surface area contributed by atoms with Crippen LogP contribution >= 0.6 is 0 Å². The number of nitrogens with zero attached hydrogens (tertiary/aromatic N) is 1. The molecule has 1 aliphatic rings. The topological polar surface area (TPSA) is 29.1 Å². The Bertz CT molecular complexity index is 455. The Hall–Kier alpha value is -1.35. The number of aryl methyl sites for hydroxylation is 2. The fraction of sp³-hybridized carbons (Fsp3) is 0.562. The highest BCUT2D eigenvalue weighted by Crippen LogP contribution is 2.24. The number of amides is 1. The number of hydrogen-bond acceptors (Lipinski definition) is 1. The summed E-state index contributed by atoms with van der Waals surface area (Å²) < 4.78 is 0.872. The fourth-order valence-electron chi connectivity index (χ4n) is 2.97. The number of likely N-dealkylation sites (N-methyl/N-ethyl adjacent to an activating group) is 1. The number of likely N-dealkylation sites (tertiary alicyclic amines) is 1. The Morgan fingerprint density at radius 1 is 1.21 bits per heavy atom. The SMILES string of the molecule is Cc1cccc(C)c1NC(=O)C(C)[N+]1(C)CCCC1. The molecular formula is C16H25N2O+. The molecule has 1 fully saturated rings. The fourth-order valence-corrected chi connectivity index (χ4v) is 2.97. The van der Waals surface area contributed by atoms with Gasteiger partial charge in [-0.1, -0.05) is 18.2 Å². The van der Waals surface area contributed by atoms with Crippen molar-refractivity contribution in [3.8, 4) is 0 Å². The number of anilines is 1. The maximum atomic E-state index is 12.5. The largest absolute Gasteiger partial charge is 0.320 e. The smallest absolute Gasteiger partial charge is 0.282 e. The van der Waals surface area contributed by atoms with Crippen LogP contribution in [-0.2, 0) is 4.79 Å². The number of nitrogens with one attached hydrogen (secondary N) is 1. The molecule has 104 valence electrons. The third-order valence-electron chi connectivity index (χ3n) is 4.63. The summed E-state index contributed by atoms with van der Waals surface area (Å²) in [5.41, 5.74) is 3.24. The monoisotopic (exact) mass is 261 g/mol. The first kappa shape index (κ1) is 14.1. The van der Waals surface area contributed by atoms with Crippen molar-refractivity contribution < 1.29 is 9.28 Å². The lowest BCUT2D eigenvalue weighted by Gasteiger charge is -2.34. The van der Waals surface area contributed by atoms with Gasteiger partial charge < -0.3 is 9.80 Å². The van der Waals surface area contributed by atoms with Crippen LogP contribution in [0, 0.1) is 13.8 Å². The highest BCUT2D eigenvalue weighted by Gasteiger charge is 2.37. The molecule has 1 atom stereocenters. The van der Waals surface area contributed by atoms with Crippen molar-refractivity contribution in [3.63, 3.8) is 0 Å². The number of carbonyl (C=O) groups excluding carboxylic acids is 1. The van der Waals surface area contributed by atoms with Crippen molar-refractivity contribution in [2.75, 3.05) is 25.5 Å². The summed E-state index contributed by atoms with van der Waals surface area (Å²) in [6.07, 6.45) is 2.47. The summed E-state index contributed by atoms with van der Waals surface area (Å²) in [6, 6.07) is 6.12. The molecule has 0 bridgehead atoms. The molecule has 1 heterocycles. The van der Waals surface area contributed by atoms with Gasteiger partial charge in [-0.25, -0.2) is 0 Å². The van der Waals surface area contributed by atoms with Gasteiger partial charge in [0.2, 0.25) is 0 Å². The molecule has 1 unspecified atom stereocenters. The molecule has 1 aromatic rings. The lowest BCUT2D eigenvalue weighted by atomic mass is 10.1. The van der Waals surface area contributed by atoms with Crippen molar-refractivity contribution in [2.24, 2.45) is 0 Å². The second-order valence-electron chi connectivity index (χ2n) is 6.07. The van der Waals surface area contributed by atoms with E-state index in [4.69, 9.17) is 0 Å². The number of carbonyl (C=O) groups is 1. The first-order valence-electron chi connectivity index (χ1n) is 7.15.